The minimum Gasteiger partial charge on any atom is -0.361 e. The first-order valence-corrected chi connectivity index (χ1v) is 7.14. The average Bonchev–Trinajstić information content (AvgIpc) is 2.90. The van der Waals surface area contributed by atoms with Crippen LogP contribution in [0.25, 0.3) is 10.9 Å². The van der Waals surface area contributed by atoms with Crippen LogP contribution in [-0.4, -0.2) is 17.4 Å². The Hall–Kier alpha value is -2.55. The lowest BCUT2D eigenvalue weighted by Crippen LogP contribution is -2.25. The summed E-state index contributed by atoms with van der Waals surface area (Å²) in [6, 6.07) is 15.7. The molecule has 1 heterocycles. The largest absolute Gasteiger partial charge is 0.361 e. The Bertz CT molecular complexity index is 759. The number of amides is 1. The third-order valence-corrected chi connectivity index (χ3v) is 3.64. The summed E-state index contributed by atoms with van der Waals surface area (Å²) >= 11 is 0. The van der Waals surface area contributed by atoms with Crippen molar-refractivity contribution < 1.29 is 4.79 Å². The molecule has 0 saturated carbocycles. The first-order chi connectivity index (χ1) is 10.2. The SMILES string of the molecule is Cc1ccc2[nH]cc(CCNC(=O)c3ccccc3)c2c1. The van der Waals surface area contributed by atoms with Crippen molar-refractivity contribution in [3.8, 4) is 0 Å². The van der Waals surface area contributed by atoms with Crippen molar-refractivity contribution in [2.24, 2.45) is 0 Å². The van der Waals surface area contributed by atoms with Gasteiger partial charge in [0.25, 0.3) is 5.91 Å². The van der Waals surface area contributed by atoms with Crippen LogP contribution in [0.3, 0.4) is 0 Å². The summed E-state index contributed by atoms with van der Waals surface area (Å²) in [7, 11) is 0. The fourth-order valence-corrected chi connectivity index (χ4v) is 2.50. The third-order valence-electron chi connectivity index (χ3n) is 3.64. The smallest absolute Gasteiger partial charge is 0.251 e. The van der Waals surface area contributed by atoms with E-state index >= 15 is 0 Å². The number of hydrogen-bond acceptors (Lipinski definition) is 1. The maximum atomic E-state index is 12.0. The minimum atomic E-state index is -0.0216. The molecule has 3 heteroatoms. The van der Waals surface area contributed by atoms with E-state index in [1.165, 1.54) is 16.5 Å². The molecule has 0 unspecified atom stereocenters. The number of aromatic nitrogens is 1. The van der Waals surface area contributed by atoms with E-state index in [4.69, 9.17) is 0 Å². The number of fused-ring (bicyclic) bond motifs is 1. The van der Waals surface area contributed by atoms with Gasteiger partial charge in [-0.2, -0.15) is 0 Å². The molecule has 0 saturated heterocycles. The first-order valence-electron chi connectivity index (χ1n) is 7.14. The van der Waals surface area contributed by atoms with E-state index in [-0.39, 0.29) is 5.91 Å². The van der Waals surface area contributed by atoms with Gasteiger partial charge >= 0.3 is 0 Å². The van der Waals surface area contributed by atoms with Gasteiger partial charge in [0.05, 0.1) is 0 Å². The summed E-state index contributed by atoms with van der Waals surface area (Å²) in [4.78, 5) is 15.2. The van der Waals surface area contributed by atoms with Crippen LogP contribution < -0.4 is 5.32 Å². The highest BCUT2D eigenvalue weighted by Crippen LogP contribution is 2.19. The van der Waals surface area contributed by atoms with Crippen LogP contribution in [0.4, 0.5) is 0 Å². The van der Waals surface area contributed by atoms with Crippen LogP contribution in [0.15, 0.2) is 54.7 Å². The number of nitrogens with one attached hydrogen (secondary N) is 2. The molecule has 3 nitrogen and oxygen atoms in total. The van der Waals surface area contributed by atoms with Crippen LogP contribution in [0.2, 0.25) is 0 Å². The van der Waals surface area contributed by atoms with Crippen LogP contribution in [-0.2, 0) is 6.42 Å². The topological polar surface area (TPSA) is 44.9 Å². The zero-order valence-corrected chi connectivity index (χ0v) is 12.0. The number of H-pyrrole nitrogens is 1. The predicted molar refractivity (Wildman–Crippen MR) is 85.5 cm³/mol. The maximum absolute atomic E-state index is 12.0. The lowest BCUT2D eigenvalue weighted by molar-refractivity contribution is 0.0954. The molecule has 1 aromatic heterocycles. The number of benzene rings is 2. The van der Waals surface area contributed by atoms with Gasteiger partial charge in [0.1, 0.15) is 0 Å². The van der Waals surface area contributed by atoms with Crippen molar-refractivity contribution in [1.82, 2.24) is 10.3 Å². The molecular formula is C18H18N2O. The summed E-state index contributed by atoms with van der Waals surface area (Å²) < 4.78 is 0. The van der Waals surface area contributed by atoms with Crippen molar-refractivity contribution >= 4 is 16.8 Å². The molecule has 106 valence electrons. The lowest BCUT2D eigenvalue weighted by Gasteiger charge is -2.05. The first kappa shape index (κ1) is 13.4. The van der Waals surface area contributed by atoms with Gasteiger partial charge < -0.3 is 10.3 Å². The van der Waals surface area contributed by atoms with E-state index < -0.39 is 0 Å². The second kappa shape index (κ2) is 5.83. The van der Waals surface area contributed by atoms with Crippen LogP contribution in [0, 0.1) is 6.92 Å². The fraction of sp³-hybridized carbons (Fsp3) is 0.167. The molecule has 0 bridgehead atoms. The molecule has 2 N–H and O–H groups in total. The van der Waals surface area contributed by atoms with Gasteiger partial charge in [-0.25, -0.2) is 0 Å². The molecule has 0 atom stereocenters. The molecule has 0 fully saturated rings. The standard InChI is InChI=1S/C18H18N2O/c1-13-7-8-17-16(11-13)15(12-20-17)9-10-19-18(21)14-5-3-2-4-6-14/h2-8,11-12,20H,9-10H2,1H3,(H,19,21). The summed E-state index contributed by atoms with van der Waals surface area (Å²) in [5, 5.41) is 4.20. The van der Waals surface area contributed by atoms with Crippen molar-refractivity contribution in [3.05, 3.63) is 71.4 Å². The molecule has 0 aliphatic heterocycles. The lowest BCUT2D eigenvalue weighted by atomic mass is 10.1. The highest BCUT2D eigenvalue weighted by Gasteiger charge is 2.06. The normalized spacial score (nSPS) is 10.7. The van der Waals surface area contributed by atoms with Gasteiger partial charge in [0.15, 0.2) is 0 Å². The Morgan fingerprint density at radius 2 is 1.95 bits per heavy atom. The fourth-order valence-electron chi connectivity index (χ4n) is 2.50. The number of carbonyl (C=O) groups is 1. The van der Waals surface area contributed by atoms with E-state index in [1.54, 1.807) is 0 Å². The van der Waals surface area contributed by atoms with Gasteiger partial charge in [-0.05, 0) is 43.2 Å². The molecule has 3 aromatic rings. The molecule has 21 heavy (non-hydrogen) atoms. The van der Waals surface area contributed by atoms with Crippen molar-refractivity contribution in [1.29, 1.82) is 0 Å². The van der Waals surface area contributed by atoms with Gasteiger partial charge in [0.2, 0.25) is 0 Å². The van der Waals surface area contributed by atoms with Crippen LogP contribution >= 0.6 is 0 Å². The summed E-state index contributed by atoms with van der Waals surface area (Å²) in [5.74, 6) is -0.0216. The molecule has 1 amide bonds. The quantitative estimate of drug-likeness (QED) is 0.754. The molecule has 0 aliphatic carbocycles. The Morgan fingerprint density at radius 1 is 1.14 bits per heavy atom. The van der Waals surface area contributed by atoms with Gasteiger partial charge in [-0.15, -0.1) is 0 Å². The summed E-state index contributed by atoms with van der Waals surface area (Å²) in [6.07, 6.45) is 2.85. The second-order valence-electron chi connectivity index (χ2n) is 5.23. The number of aryl methyl sites for hydroxylation is 1. The van der Waals surface area contributed by atoms with Gasteiger partial charge in [-0.3, -0.25) is 4.79 Å². The number of carbonyl (C=O) groups excluding carboxylic acids is 1. The van der Waals surface area contributed by atoms with E-state index in [1.807, 2.05) is 36.5 Å². The minimum absolute atomic E-state index is 0.0216. The second-order valence-corrected chi connectivity index (χ2v) is 5.23. The Labute approximate surface area is 124 Å². The zero-order chi connectivity index (χ0) is 14.7. The van der Waals surface area contributed by atoms with Crippen LogP contribution in [0.5, 0.6) is 0 Å². The molecular weight excluding hydrogens is 260 g/mol. The molecule has 0 spiro atoms. The van der Waals surface area contributed by atoms with Gasteiger partial charge in [-0.1, -0.05) is 29.8 Å². The molecule has 3 rings (SSSR count). The molecule has 0 radical (unpaired) electrons. The van der Waals surface area contributed by atoms with E-state index in [9.17, 15) is 4.79 Å². The Morgan fingerprint density at radius 3 is 2.76 bits per heavy atom. The van der Waals surface area contributed by atoms with E-state index in [2.05, 4.69) is 35.4 Å². The van der Waals surface area contributed by atoms with Gasteiger partial charge in [0, 0.05) is 29.2 Å². The highest BCUT2D eigenvalue weighted by molar-refractivity contribution is 5.94. The van der Waals surface area contributed by atoms with Crippen LogP contribution in [0.1, 0.15) is 21.5 Å². The zero-order valence-electron chi connectivity index (χ0n) is 12.0. The molecule has 0 aliphatic rings. The Balaban J connectivity index is 1.65. The predicted octanol–water partition coefficient (Wildman–Crippen LogP) is 3.45. The Kier molecular flexibility index (Phi) is 3.73. The maximum Gasteiger partial charge on any atom is 0.251 e. The number of hydrogen-bond donors (Lipinski definition) is 2. The molecule has 2 aromatic carbocycles. The summed E-state index contributed by atoms with van der Waals surface area (Å²) in [6.45, 7) is 2.72. The van der Waals surface area contributed by atoms with Crippen molar-refractivity contribution in [2.75, 3.05) is 6.54 Å². The highest BCUT2D eigenvalue weighted by atomic mass is 16.1. The number of rotatable bonds is 4. The van der Waals surface area contributed by atoms with E-state index in [0.717, 1.165) is 11.9 Å². The number of aromatic amines is 1. The monoisotopic (exact) mass is 278 g/mol. The summed E-state index contributed by atoms with van der Waals surface area (Å²) in [5.41, 5.74) is 4.33. The van der Waals surface area contributed by atoms with Crippen molar-refractivity contribution in [3.63, 3.8) is 0 Å². The van der Waals surface area contributed by atoms with Crippen molar-refractivity contribution in [2.45, 2.75) is 13.3 Å². The van der Waals surface area contributed by atoms with E-state index in [0.29, 0.717) is 12.1 Å². The average molecular weight is 278 g/mol. The third kappa shape index (κ3) is 2.97.